The maximum Gasteiger partial charge on any atom is 0.328 e. The first kappa shape index (κ1) is 13.9. The van der Waals surface area contributed by atoms with E-state index in [9.17, 15) is 14.7 Å². The highest BCUT2D eigenvalue weighted by Crippen LogP contribution is 2.23. The molecule has 1 saturated carbocycles. The third kappa shape index (κ3) is 3.98. The minimum atomic E-state index is -1.25. The predicted octanol–water partition coefficient (Wildman–Crippen LogP) is -0.546. The number of amides is 1. The third-order valence-electron chi connectivity index (χ3n) is 3.13. The van der Waals surface area contributed by atoms with Gasteiger partial charge < -0.3 is 21.3 Å². The number of carbonyl (C=O) groups excluding carboxylic acids is 1. The number of hydrogen-bond acceptors (Lipinski definition) is 4. The van der Waals surface area contributed by atoms with Crippen LogP contribution in [-0.4, -0.2) is 40.3 Å². The maximum atomic E-state index is 11.8. The van der Waals surface area contributed by atoms with Crippen LogP contribution < -0.4 is 11.1 Å². The van der Waals surface area contributed by atoms with Gasteiger partial charge in [0.15, 0.2) is 6.04 Å². The predicted molar refractivity (Wildman–Crippen MR) is 61.2 cm³/mol. The van der Waals surface area contributed by atoms with Crippen LogP contribution in [0.1, 0.15) is 32.6 Å². The molecule has 1 aliphatic carbocycles. The van der Waals surface area contributed by atoms with E-state index in [1.54, 1.807) is 0 Å². The van der Waals surface area contributed by atoms with Crippen LogP contribution in [0.3, 0.4) is 0 Å². The molecule has 1 aliphatic rings. The Morgan fingerprint density at radius 3 is 2.53 bits per heavy atom. The summed E-state index contributed by atoms with van der Waals surface area (Å²) in [4.78, 5) is 22.6. The van der Waals surface area contributed by atoms with Crippen LogP contribution in [0.2, 0.25) is 0 Å². The van der Waals surface area contributed by atoms with Gasteiger partial charge in [0.1, 0.15) is 0 Å². The van der Waals surface area contributed by atoms with Gasteiger partial charge in [0.25, 0.3) is 0 Å². The summed E-state index contributed by atoms with van der Waals surface area (Å²) in [6.07, 6.45) is 1.98. The van der Waals surface area contributed by atoms with Gasteiger partial charge >= 0.3 is 5.97 Å². The Morgan fingerprint density at radius 2 is 2.06 bits per heavy atom. The first-order chi connectivity index (χ1) is 7.91. The molecule has 1 rings (SSSR count). The number of rotatable bonds is 4. The summed E-state index contributed by atoms with van der Waals surface area (Å²) >= 11 is 0. The molecule has 17 heavy (non-hydrogen) atoms. The van der Waals surface area contributed by atoms with Gasteiger partial charge in [0.2, 0.25) is 5.91 Å². The summed E-state index contributed by atoms with van der Waals surface area (Å²) < 4.78 is 0. The van der Waals surface area contributed by atoms with Crippen molar-refractivity contribution in [3.8, 4) is 0 Å². The summed E-state index contributed by atoms with van der Waals surface area (Å²) in [7, 11) is 0. The van der Waals surface area contributed by atoms with Crippen molar-refractivity contribution < 1.29 is 19.8 Å². The highest BCUT2D eigenvalue weighted by molar-refractivity contribution is 5.85. The van der Waals surface area contributed by atoms with E-state index in [1.165, 1.54) is 6.92 Å². The van der Waals surface area contributed by atoms with Gasteiger partial charge in [0.05, 0.1) is 6.10 Å². The van der Waals surface area contributed by atoms with E-state index >= 15 is 0 Å². The van der Waals surface area contributed by atoms with Crippen molar-refractivity contribution >= 4 is 11.9 Å². The number of carboxylic acid groups (broad SMARTS) is 1. The fraction of sp³-hybridized carbons (Fsp3) is 0.818. The molecule has 0 aromatic carbocycles. The van der Waals surface area contributed by atoms with Gasteiger partial charge in [-0.05, 0) is 26.2 Å². The van der Waals surface area contributed by atoms with E-state index in [2.05, 4.69) is 5.32 Å². The third-order valence-corrected chi connectivity index (χ3v) is 3.13. The quantitative estimate of drug-likeness (QED) is 0.530. The lowest BCUT2D eigenvalue weighted by atomic mass is 9.85. The van der Waals surface area contributed by atoms with E-state index in [4.69, 9.17) is 10.8 Å². The molecular formula is C11H20N2O4. The zero-order valence-corrected chi connectivity index (χ0v) is 9.93. The minimum absolute atomic E-state index is 0.00864. The number of nitrogens with two attached hydrogens (primary N) is 1. The molecule has 6 heteroatoms. The molecule has 0 saturated heterocycles. The highest BCUT2D eigenvalue weighted by atomic mass is 16.4. The molecule has 98 valence electrons. The van der Waals surface area contributed by atoms with Crippen LogP contribution in [0.15, 0.2) is 0 Å². The van der Waals surface area contributed by atoms with Crippen LogP contribution in [0.4, 0.5) is 0 Å². The minimum Gasteiger partial charge on any atom is -0.480 e. The molecule has 1 amide bonds. The lowest BCUT2D eigenvalue weighted by Crippen LogP contribution is -2.50. The fourth-order valence-corrected chi connectivity index (χ4v) is 2.13. The molecule has 0 radical (unpaired) electrons. The van der Waals surface area contributed by atoms with Crippen molar-refractivity contribution in [1.82, 2.24) is 5.32 Å². The van der Waals surface area contributed by atoms with Crippen LogP contribution in [0, 0.1) is 5.92 Å². The molecule has 0 aromatic rings. The lowest BCUT2D eigenvalue weighted by Gasteiger charge is -2.27. The van der Waals surface area contributed by atoms with Crippen molar-refractivity contribution in [2.24, 2.45) is 11.7 Å². The maximum absolute atomic E-state index is 11.8. The number of hydrogen-bond donors (Lipinski definition) is 4. The van der Waals surface area contributed by atoms with Gasteiger partial charge in [-0.1, -0.05) is 6.42 Å². The van der Waals surface area contributed by atoms with E-state index in [0.717, 1.165) is 19.3 Å². The summed E-state index contributed by atoms with van der Waals surface area (Å²) in [5, 5.41) is 20.5. The zero-order chi connectivity index (χ0) is 13.0. The highest BCUT2D eigenvalue weighted by Gasteiger charge is 2.30. The Hall–Kier alpha value is -1.14. The lowest BCUT2D eigenvalue weighted by molar-refractivity contribution is -0.145. The van der Waals surface area contributed by atoms with E-state index in [-0.39, 0.29) is 17.9 Å². The normalized spacial score (nSPS) is 28.2. The number of aliphatic carboxylic acids is 1. The number of carbonyl (C=O) groups is 2. The first-order valence-electron chi connectivity index (χ1n) is 5.88. The first-order valence-corrected chi connectivity index (χ1v) is 5.88. The Bertz CT molecular complexity index is 293. The van der Waals surface area contributed by atoms with Crippen molar-refractivity contribution in [1.29, 1.82) is 0 Å². The van der Waals surface area contributed by atoms with Gasteiger partial charge in [-0.25, -0.2) is 4.79 Å². The summed E-state index contributed by atoms with van der Waals surface area (Å²) in [6.45, 7) is 1.34. The second-order valence-electron chi connectivity index (χ2n) is 4.69. The van der Waals surface area contributed by atoms with Crippen molar-refractivity contribution in [2.45, 2.75) is 50.8 Å². The molecule has 4 unspecified atom stereocenters. The number of nitrogens with one attached hydrogen (secondary N) is 1. The van der Waals surface area contributed by atoms with Crippen LogP contribution in [0.25, 0.3) is 0 Å². The van der Waals surface area contributed by atoms with Crippen molar-refractivity contribution in [3.63, 3.8) is 0 Å². The molecule has 0 spiro atoms. The summed E-state index contributed by atoms with van der Waals surface area (Å²) in [5.74, 6) is -1.79. The van der Waals surface area contributed by atoms with E-state index in [0.29, 0.717) is 6.42 Å². The second kappa shape index (κ2) is 5.97. The Balaban J connectivity index is 2.54. The number of aliphatic hydroxyl groups excluding tert-OH is 1. The monoisotopic (exact) mass is 244 g/mol. The topological polar surface area (TPSA) is 113 Å². The molecule has 0 aliphatic heterocycles. The Kier molecular flexibility index (Phi) is 4.89. The second-order valence-corrected chi connectivity index (χ2v) is 4.69. The van der Waals surface area contributed by atoms with Crippen LogP contribution in [0.5, 0.6) is 0 Å². The molecule has 5 N–H and O–H groups in total. The molecular weight excluding hydrogens is 224 g/mol. The molecule has 6 nitrogen and oxygen atoms in total. The standard InChI is InChI=1S/C11H20N2O4/c1-6(14)9(11(16)17)13-10(15)7-3-2-4-8(12)5-7/h6-9,14H,2-5,12H2,1H3,(H,13,15)(H,16,17). The molecule has 0 heterocycles. The molecule has 4 atom stereocenters. The summed E-state index contributed by atoms with van der Waals surface area (Å²) in [6, 6.07) is -1.24. The molecule has 0 aromatic heterocycles. The zero-order valence-electron chi connectivity index (χ0n) is 9.93. The van der Waals surface area contributed by atoms with Crippen molar-refractivity contribution in [3.05, 3.63) is 0 Å². The Morgan fingerprint density at radius 1 is 1.41 bits per heavy atom. The van der Waals surface area contributed by atoms with Crippen LogP contribution >= 0.6 is 0 Å². The fourth-order valence-electron chi connectivity index (χ4n) is 2.13. The van der Waals surface area contributed by atoms with E-state index in [1.807, 2.05) is 0 Å². The number of carboxylic acids is 1. The average Bonchev–Trinajstić information content (AvgIpc) is 2.24. The largest absolute Gasteiger partial charge is 0.480 e. The van der Waals surface area contributed by atoms with Crippen LogP contribution in [-0.2, 0) is 9.59 Å². The van der Waals surface area contributed by atoms with Gasteiger partial charge in [-0.15, -0.1) is 0 Å². The molecule has 1 fully saturated rings. The van der Waals surface area contributed by atoms with Gasteiger partial charge in [-0.2, -0.15) is 0 Å². The Labute approximate surface area is 100 Å². The summed E-state index contributed by atoms with van der Waals surface area (Å²) in [5.41, 5.74) is 5.77. The SMILES string of the molecule is CC(O)C(NC(=O)C1CCCC(N)C1)C(=O)O. The number of aliphatic hydroxyl groups is 1. The van der Waals surface area contributed by atoms with E-state index < -0.39 is 18.1 Å². The average molecular weight is 244 g/mol. The van der Waals surface area contributed by atoms with Crippen molar-refractivity contribution in [2.75, 3.05) is 0 Å². The smallest absolute Gasteiger partial charge is 0.328 e. The van der Waals surface area contributed by atoms with Gasteiger partial charge in [0, 0.05) is 12.0 Å². The molecule has 0 bridgehead atoms. The van der Waals surface area contributed by atoms with Gasteiger partial charge in [-0.3, -0.25) is 4.79 Å².